The molecular formula is C16H14O5. The molecular weight excluding hydrogens is 272 g/mol. The molecule has 0 aliphatic heterocycles. The second kappa shape index (κ2) is 6.56. The first-order chi connectivity index (χ1) is 10.1. The van der Waals surface area contributed by atoms with Gasteiger partial charge in [0.05, 0.1) is 12.2 Å². The Balaban J connectivity index is 2.15. The molecule has 0 atom stereocenters. The summed E-state index contributed by atoms with van der Waals surface area (Å²) in [5.41, 5.74) is 1.26. The van der Waals surface area contributed by atoms with E-state index in [1.807, 2.05) is 0 Å². The number of esters is 1. The van der Waals surface area contributed by atoms with E-state index in [1.54, 1.807) is 43.3 Å². The molecule has 0 saturated heterocycles. The third-order valence-electron chi connectivity index (χ3n) is 2.70. The lowest BCUT2D eigenvalue weighted by Crippen LogP contribution is -2.03. The van der Waals surface area contributed by atoms with E-state index in [9.17, 15) is 9.59 Å². The first-order valence-electron chi connectivity index (χ1n) is 6.38. The average molecular weight is 286 g/mol. The fraction of sp³-hybridized carbons (Fsp3) is 0.125. The number of carboxylic acid groups (broad SMARTS) is 1. The third kappa shape index (κ3) is 3.82. The Morgan fingerprint density at radius 2 is 1.90 bits per heavy atom. The summed E-state index contributed by atoms with van der Waals surface area (Å²) < 4.78 is 10.4. The normalized spacial score (nSPS) is 10.7. The van der Waals surface area contributed by atoms with E-state index in [1.165, 1.54) is 6.08 Å². The molecule has 0 aliphatic rings. The SMILES string of the molecule is CCOC(=O)c1ccc(-c2ccc(C=CC(=O)O)o2)cc1. The summed E-state index contributed by atoms with van der Waals surface area (Å²) in [5.74, 6) is -0.363. The highest BCUT2D eigenvalue weighted by Crippen LogP contribution is 2.23. The van der Waals surface area contributed by atoms with Crippen LogP contribution in [0, 0.1) is 0 Å². The van der Waals surface area contributed by atoms with Crippen molar-refractivity contribution in [3.63, 3.8) is 0 Å². The highest BCUT2D eigenvalue weighted by atomic mass is 16.5. The fourth-order valence-corrected chi connectivity index (χ4v) is 1.74. The zero-order valence-corrected chi connectivity index (χ0v) is 11.4. The molecule has 108 valence electrons. The van der Waals surface area contributed by atoms with Gasteiger partial charge in [-0.1, -0.05) is 12.1 Å². The van der Waals surface area contributed by atoms with Gasteiger partial charge in [0.2, 0.25) is 0 Å². The van der Waals surface area contributed by atoms with Crippen LogP contribution in [0.15, 0.2) is 46.9 Å². The van der Waals surface area contributed by atoms with Gasteiger partial charge in [-0.05, 0) is 37.3 Å². The smallest absolute Gasteiger partial charge is 0.338 e. The Morgan fingerprint density at radius 1 is 1.19 bits per heavy atom. The number of carbonyl (C=O) groups is 2. The van der Waals surface area contributed by atoms with E-state index in [-0.39, 0.29) is 5.97 Å². The summed E-state index contributed by atoms with van der Waals surface area (Å²) in [6.45, 7) is 2.08. The Kier molecular flexibility index (Phi) is 4.56. The van der Waals surface area contributed by atoms with Gasteiger partial charge >= 0.3 is 11.9 Å². The van der Waals surface area contributed by atoms with E-state index < -0.39 is 5.97 Å². The van der Waals surface area contributed by atoms with Crippen LogP contribution >= 0.6 is 0 Å². The van der Waals surface area contributed by atoms with Crippen LogP contribution in [0.3, 0.4) is 0 Å². The number of rotatable bonds is 5. The molecule has 0 radical (unpaired) electrons. The summed E-state index contributed by atoms with van der Waals surface area (Å²) in [4.78, 5) is 22.0. The standard InChI is InChI=1S/C16H14O5/c1-2-20-16(19)12-5-3-11(4-6-12)14-9-7-13(21-14)8-10-15(17)18/h3-10H,2H2,1H3,(H,17,18). The summed E-state index contributed by atoms with van der Waals surface area (Å²) in [5, 5.41) is 8.55. The zero-order chi connectivity index (χ0) is 15.2. The van der Waals surface area contributed by atoms with Crippen molar-refractivity contribution < 1.29 is 23.8 Å². The molecule has 0 fully saturated rings. The minimum absolute atomic E-state index is 0.331. The van der Waals surface area contributed by atoms with Crippen molar-refractivity contribution in [2.24, 2.45) is 0 Å². The number of carbonyl (C=O) groups excluding carboxylic acids is 1. The van der Waals surface area contributed by atoms with Crippen LogP contribution in [0.4, 0.5) is 0 Å². The van der Waals surface area contributed by atoms with E-state index in [0.29, 0.717) is 23.7 Å². The molecule has 1 N–H and O–H groups in total. The zero-order valence-electron chi connectivity index (χ0n) is 11.4. The van der Waals surface area contributed by atoms with Gasteiger partial charge in [0.15, 0.2) is 0 Å². The first-order valence-corrected chi connectivity index (χ1v) is 6.38. The second-order valence-electron chi connectivity index (χ2n) is 4.17. The van der Waals surface area contributed by atoms with Gasteiger partial charge in [0.25, 0.3) is 0 Å². The van der Waals surface area contributed by atoms with Crippen molar-refractivity contribution in [3.05, 3.63) is 53.8 Å². The largest absolute Gasteiger partial charge is 0.478 e. The highest BCUT2D eigenvalue weighted by molar-refractivity contribution is 5.90. The van der Waals surface area contributed by atoms with Crippen LogP contribution < -0.4 is 0 Å². The van der Waals surface area contributed by atoms with Gasteiger partial charge in [0.1, 0.15) is 11.5 Å². The lowest BCUT2D eigenvalue weighted by Gasteiger charge is -2.02. The molecule has 5 nitrogen and oxygen atoms in total. The van der Waals surface area contributed by atoms with Crippen molar-refractivity contribution in [1.29, 1.82) is 0 Å². The maximum Gasteiger partial charge on any atom is 0.338 e. The first kappa shape index (κ1) is 14.6. The second-order valence-corrected chi connectivity index (χ2v) is 4.17. The van der Waals surface area contributed by atoms with Gasteiger partial charge in [0, 0.05) is 11.6 Å². The van der Waals surface area contributed by atoms with E-state index in [4.69, 9.17) is 14.3 Å². The van der Waals surface area contributed by atoms with Gasteiger partial charge in [-0.2, -0.15) is 0 Å². The van der Waals surface area contributed by atoms with Crippen LogP contribution in [-0.2, 0) is 9.53 Å². The number of carboxylic acids is 1. The van der Waals surface area contributed by atoms with Crippen LogP contribution in [0.2, 0.25) is 0 Å². The molecule has 0 aliphatic carbocycles. The molecule has 2 aromatic rings. The van der Waals surface area contributed by atoms with Crippen LogP contribution in [0.5, 0.6) is 0 Å². The molecule has 0 bridgehead atoms. The van der Waals surface area contributed by atoms with Crippen LogP contribution in [0.25, 0.3) is 17.4 Å². The van der Waals surface area contributed by atoms with Crippen LogP contribution in [-0.4, -0.2) is 23.7 Å². The fourth-order valence-electron chi connectivity index (χ4n) is 1.74. The summed E-state index contributed by atoms with van der Waals surface area (Å²) in [6.07, 6.45) is 2.38. The minimum Gasteiger partial charge on any atom is -0.478 e. The summed E-state index contributed by atoms with van der Waals surface area (Å²) >= 11 is 0. The highest BCUT2D eigenvalue weighted by Gasteiger charge is 2.08. The van der Waals surface area contributed by atoms with Crippen molar-refractivity contribution in [3.8, 4) is 11.3 Å². The minimum atomic E-state index is -1.04. The van der Waals surface area contributed by atoms with Gasteiger partial charge in [-0.25, -0.2) is 9.59 Å². The summed E-state index contributed by atoms with van der Waals surface area (Å²) in [6, 6.07) is 10.2. The Bertz CT molecular complexity index is 664. The monoisotopic (exact) mass is 286 g/mol. The molecule has 0 spiro atoms. The average Bonchev–Trinajstić information content (AvgIpc) is 2.94. The lowest BCUT2D eigenvalue weighted by molar-refractivity contribution is -0.131. The third-order valence-corrected chi connectivity index (χ3v) is 2.70. The van der Waals surface area contributed by atoms with Gasteiger partial charge in [-0.15, -0.1) is 0 Å². The maximum atomic E-state index is 11.5. The maximum absolute atomic E-state index is 11.5. The van der Waals surface area contributed by atoms with Crippen molar-refractivity contribution in [2.45, 2.75) is 6.92 Å². The molecule has 5 heteroatoms. The number of hydrogen-bond donors (Lipinski definition) is 1. The Hall–Kier alpha value is -2.82. The molecule has 1 aromatic carbocycles. The molecule has 21 heavy (non-hydrogen) atoms. The molecule has 1 heterocycles. The topological polar surface area (TPSA) is 76.7 Å². The quantitative estimate of drug-likeness (QED) is 0.674. The van der Waals surface area contributed by atoms with E-state index in [2.05, 4.69) is 0 Å². The molecule has 0 amide bonds. The summed E-state index contributed by atoms with van der Waals surface area (Å²) in [7, 11) is 0. The number of furan rings is 1. The predicted molar refractivity (Wildman–Crippen MR) is 76.8 cm³/mol. The van der Waals surface area contributed by atoms with Gasteiger partial charge in [-0.3, -0.25) is 0 Å². The van der Waals surface area contributed by atoms with Crippen molar-refractivity contribution >= 4 is 18.0 Å². The number of hydrogen-bond acceptors (Lipinski definition) is 4. The number of benzene rings is 1. The van der Waals surface area contributed by atoms with Gasteiger partial charge < -0.3 is 14.3 Å². The number of ether oxygens (including phenoxy) is 1. The molecule has 2 rings (SSSR count). The van der Waals surface area contributed by atoms with E-state index in [0.717, 1.165) is 11.6 Å². The van der Waals surface area contributed by atoms with Crippen molar-refractivity contribution in [2.75, 3.05) is 6.61 Å². The van der Waals surface area contributed by atoms with E-state index >= 15 is 0 Å². The Morgan fingerprint density at radius 3 is 2.52 bits per heavy atom. The predicted octanol–water partition coefficient (Wildman–Crippen LogP) is 3.22. The lowest BCUT2D eigenvalue weighted by atomic mass is 10.1. The van der Waals surface area contributed by atoms with Crippen LogP contribution in [0.1, 0.15) is 23.0 Å². The van der Waals surface area contributed by atoms with Crippen molar-refractivity contribution in [1.82, 2.24) is 0 Å². The molecule has 1 aromatic heterocycles. The molecule has 0 unspecified atom stereocenters. The Labute approximate surface area is 121 Å². The molecule has 0 saturated carbocycles. The number of aliphatic carboxylic acids is 1.